The summed E-state index contributed by atoms with van der Waals surface area (Å²) in [5.41, 5.74) is -0.0276. The lowest BCUT2D eigenvalue weighted by molar-refractivity contribution is -0.131. The molecule has 9 heteroatoms. The van der Waals surface area contributed by atoms with Crippen LogP contribution in [0.2, 0.25) is 15.1 Å². The number of carbonyl (C=O) groups is 2. The smallest absolute Gasteiger partial charge is 0.336 e. The summed E-state index contributed by atoms with van der Waals surface area (Å²) in [6, 6.07) is 8.64. The predicted octanol–water partition coefficient (Wildman–Crippen LogP) is 5.03. The number of hydrogen-bond donors (Lipinski definition) is 1. The fourth-order valence-corrected chi connectivity index (χ4v) is 4.33. The van der Waals surface area contributed by atoms with Crippen molar-refractivity contribution in [3.05, 3.63) is 78.6 Å². The number of hydrogen-bond acceptors (Lipinski definition) is 4. The lowest BCUT2D eigenvalue weighted by Crippen LogP contribution is -2.41. The van der Waals surface area contributed by atoms with Crippen LogP contribution in [0.5, 0.6) is 0 Å². The average molecular weight is 466 g/mol. The van der Waals surface area contributed by atoms with Crippen LogP contribution in [0.15, 0.2) is 45.6 Å². The summed E-state index contributed by atoms with van der Waals surface area (Å²) in [6.45, 7) is 3.22. The lowest BCUT2D eigenvalue weighted by Gasteiger charge is -2.23. The van der Waals surface area contributed by atoms with Crippen molar-refractivity contribution in [3.63, 3.8) is 0 Å². The van der Waals surface area contributed by atoms with Gasteiger partial charge in [0.15, 0.2) is 0 Å². The molecule has 0 bridgehead atoms. The molecule has 0 saturated carbocycles. The summed E-state index contributed by atoms with van der Waals surface area (Å²) in [4.78, 5) is 39.0. The van der Waals surface area contributed by atoms with Gasteiger partial charge in [-0.1, -0.05) is 40.9 Å². The van der Waals surface area contributed by atoms with Gasteiger partial charge in [0.2, 0.25) is 0 Å². The van der Waals surface area contributed by atoms with Crippen LogP contribution in [0.1, 0.15) is 23.6 Å². The summed E-state index contributed by atoms with van der Waals surface area (Å²) < 4.78 is 5.25. The quantitative estimate of drug-likeness (QED) is 0.435. The molecule has 1 aliphatic heterocycles. The summed E-state index contributed by atoms with van der Waals surface area (Å²) in [7, 11) is 0. The second-order valence-corrected chi connectivity index (χ2v) is 8.51. The SMILES string of the molecule is Cc1cc2oc(=O)cc(CN3C(=O)NC(C)(c4ccc(Cl)cc4Cl)C3=O)c2cc1Cl. The first-order valence-electron chi connectivity index (χ1n) is 8.92. The Morgan fingerprint density at radius 2 is 1.77 bits per heavy atom. The Morgan fingerprint density at radius 1 is 1.03 bits per heavy atom. The Morgan fingerprint density at radius 3 is 2.47 bits per heavy atom. The number of halogens is 3. The number of fused-ring (bicyclic) bond motifs is 1. The van der Waals surface area contributed by atoms with Gasteiger partial charge in [-0.15, -0.1) is 0 Å². The Bertz CT molecular complexity index is 1290. The molecule has 1 unspecified atom stereocenters. The maximum atomic E-state index is 13.2. The van der Waals surface area contributed by atoms with Crippen LogP contribution in [0.4, 0.5) is 4.79 Å². The zero-order valence-electron chi connectivity index (χ0n) is 15.9. The Labute approximate surface area is 186 Å². The molecule has 2 aromatic carbocycles. The van der Waals surface area contributed by atoms with Crippen molar-refractivity contribution in [1.29, 1.82) is 0 Å². The first-order valence-corrected chi connectivity index (χ1v) is 10.1. The highest BCUT2D eigenvalue weighted by molar-refractivity contribution is 6.35. The number of carbonyl (C=O) groups excluding carboxylic acids is 2. The van der Waals surface area contributed by atoms with Gasteiger partial charge in [0.1, 0.15) is 11.1 Å². The van der Waals surface area contributed by atoms with Gasteiger partial charge in [0, 0.05) is 32.1 Å². The molecule has 0 radical (unpaired) electrons. The van der Waals surface area contributed by atoms with Gasteiger partial charge < -0.3 is 9.73 Å². The number of aryl methyl sites for hydroxylation is 1. The third-order valence-corrected chi connectivity index (χ3v) is 6.14. The van der Waals surface area contributed by atoms with E-state index in [1.807, 2.05) is 0 Å². The van der Waals surface area contributed by atoms with Crippen LogP contribution in [0, 0.1) is 6.92 Å². The number of urea groups is 1. The van der Waals surface area contributed by atoms with Crippen molar-refractivity contribution < 1.29 is 14.0 Å². The third kappa shape index (κ3) is 3.35. The lowest BCUT2D eigenvalue weighted by atomic mass is 9.92. The third-order valence-electron chi connectivity index (χ3n) is 5.18. The van der Waals surface area contributed by atoms with Crippen LogP contribution >= 0.6 is 34.8 Å². The van der Waals surface area contributed by atoms with Crippen molar-refractivity contribution in [1.82, 2.24) is 10.2 Å². The largest absolute Gasteiger partial charge is 0.423 e. The molecule has 1 N–H and O–H groups in total. The normalized spacial score (nSPS) is 18.9. The van der Waals surface area contributed by atoms with E-state index in [0.29, 0.717) is 32.1 Å². The van der Waals surface area contributed by atoms with Crippen LogP contribution in [0.25, 0.3) is 11.0 Å². The van der Waals surface area contributed by atoms with Gasteiger partial charge in [-0.2, -0.15) is 0 Å². The van der Waals surface area contributed by atoms with E-state index >= 15 is 0 Å². The van der Waals surface area contributed by atoms with Crippen LogP contribution in [-0.4, -0.2) is 16.8 Å². The molecule has 0 aliphatic carbocycles. The summed E-state index contributed by atoms with van der Waals surface area (Å²) in [6.07, 6.45) is 0. The molecular weight excluding hydrogens is 451 g/mol. The van der Waals surface area contributed by atoms with E-state index in [9.17, 15) is 14.4 Å². The highest BCUT2D eigenvalue weighted by Gasteiger charge is 2.50. The van der Waals surface area contributed by atoms with Crippen molar-refractivity contribution in [2.75, 3.05) is 0 Å². The second kappa shape index (κ2) is 7.30. The molecule has 4 rings (SSSR count). The number of imide groups is 1. The number of benzene rings is 2. The summed E-state index contributed by atoms with van der Waals surface area (Å²) in [5.74, 6) is -0.503. The van der Waals surface area contributed by atoms with Gasteiger partial charge in [0.05, 0.1) is 6.54 Å². The maximum Gasteiger partial charge on any atom is 0.336 e. The predicted molar refractivity (Wildman–Crippen MR) is 115 cm³/mol. The van der Waals surface area contributed by atoms with Gasteiger partial charge in [0.25, 0.3) is 5.91 Å². The van der Waals surface area contributed by atoms with Gasteiger partial charge >= 0.3 is 11.7 Å². The topological polar surface area (TPSA) is 79.6 Å². The van der Waals surface area contributed by atoms with Gasteiger partial charge in [-0.3, -0.25) is 9.69 Å². The van der Waals surface area contributed by atoms with Crippen LogP contribution in [0.3, 0.4) is 0 Å². The molecule has 6 nitrogen and oxygen atoms in total. The van der Waals surface area contributed by atoms with Crippen molar-refractivity contribution in [2.24, 2.45) is 0 Å². The molecule has 1 atom stereocenters. The molecule has 154 valence electrons. The minimum Gasteiger partial charge on any atom is -0.423 e. The fourth-order valence-electron chi connectivity index (χ4n) is 3.57. The molecule has 1 fully saturated rings. The number of amides is 3. The first-order chi connectivity index (χ1) is 14.1. The summed E-state index contributed by atoms with van der Waals surface area (Å²) in [5, 5.41) is 4.39. The van der Waals surface area contributed by atoms with E-state index in [1.54, 1.807) is 38.1 Å². The first kappa shape index (κ1) is 20.7. The fraction of sp³-hybridized carbons (Fsp3) is 0.190. The zero-order chi connectivity index (χ0) is 21.8. The standard InChI is InChI=1S/C21H15Cl3N2O4/c1-10-5-17-13(8-15(10)23)11(6-18(27)30-17)9-26-19(28)21(2,25-20(26)29)14-4-3-12(22)7-16(14)24/h3-8H,9H2,1-2H3,(H,25,29). The highest BCUT2D eigenvalue weighted by Crippen LogP contribution is 2.36. The van der Waals surface area contributed by atoms with E-state index < -0.39 is 23.1 Å². The molecule has 1 aliphatic rings. The maximum absolute atomic E-state index is 13.2. The van der Waals surface area contributed by atoms with Crippen molar-refractivity contribution >= 4 is 57.7 Å². The molecule has 2 heterocycles. The minimum atomic E-state index is -1.37. The van der Waals surface area contributed by atoms with E-state index in [0.717, 1.165) is 10.5 Å². The van der Waals surface area contributed by atoms with Gasteiger partial charge in [-0.25, -0.2) is 9.59 Å². The second-order valence-electron chi connectivity index (χ2n) is 7.26. The highest BCUT2D eigenvalue weighted by atomic mass is 35.5. The van der Waals surface area contributed by atoms with Crippen molar-refractivity contribution in [3.8, 4) is 0 Å². The Balaban J connectivity index is 1.76. The molecule has 3 aromatic rings. The van der Waals surface area contributed by atoms with E-state index in [-0.39, 0.29) is 11.6 Å². The van der Waals surface area contributed by atoms with E-state index in [1.165, 1.54) is 12.1 Å². The molecule has 30 heavy (non-hydrogen) atoms. The Hall–Kier alpha value is -2.54. The minimum absolute atomic E-state index is 0.132. The molecular formula is C21H15Cl3N2O4. The van der Waals surface area contributed by atoms with Crippen LogP contribution < -0.4 is 10.9 Å². The Kier molecular flexibility index (Phi) is 5.04. The molecule has 1 aromatic heterocycles. The number of rotatable bonds is 3. The summed E-state index contributed by atoms with van der Waals surface area (Å²) >= 11 is 18.4. The molecule has 0 spiro atoms. The van der Waals surface area contributed by atoms with Crippen molar-refractivity contribution in [2.45, 2.75) is 25.9 Å². The molecule has 3 amide bonds. The number of nitrogens with one attached hydrogen (secondary N) is 1. The molecule has 1 saturated heterocycles. The van der Waals surface area contributed by atoms with E-state index in [4.69, 9.17) is 39.2 Å². The average Bonchev–Trinajstić information content (AvgIpc) is 2.87. The van der Waals surface area contributed by atoms with Crippen LogP contribution in [-0.2, 0) is 16.9 Å². The zero-order valence-corrected chi connectivity index (χ0v) is 18.2. The monoisotopic (exact) mass is 464 g/mol. The number of nitrogens with zero attached hydrogens (tertiary/aromatic N) is 1. The van der Waals surface area contributed by atoms with Gasteiger partial charge in [-0.05, 0) is 49.2 Å². The van der Waals surface area contributed by atoms with E-state index in [2.05, 4.69) is 5.32 Å².